The number of aryl methyl sites for hydroxylation is 1. The third-order valence-electron chi connectivity index (χ3n) is 3.95. The molecular formula is C13H22ClN3O2S. The van der Waals surface area contributed by atoms with Crippen LogP contribution in [0.4, 0.5) is 0 Å². The van der Waals surface area contributed by atoms with Gasteiger partial charge in [-0.25, -0.2) is 18.1 Å². The number of hydrogen-bond acceptors (Lipinski definition) is 3. The Morgan fingerprint density at radius 3 is 2.55 bits per heavy atom. The quantitative estimate of drug-likeness (QED) is 0.907. The summed E-state index contributed by atoms with van der Waals surface area (Å²) in [4.78, 5) is 3.88. The van der Waals surface area contributed by atoms with E-state index in [9.17, 15) is 8.42 Å². The summed E-state index contributed by atoms with van der Waals surface area (Å²) in [6.07, 6.45) is 7.84. The second kappa shape index (κ2) is 6.45. The largest absolute Gasteiger partial charge is 0.324 e. The number of imidazole rings is 1. The Morgan fingerprint density at radius 1 is 1.40 bits per heavy atom. The highest BCUT2D eigenvalue weighted by atomic mass is 35.5. The highest BCUT2D eigenvalue weighted by Gasteiger charge is 2.28. The summed E-state index contributed by atoms with van der Waals surface area (Å²) < 4.78 is 28.8. The summed E-state index contributed by atoms with van der Waals surface area (Å²) in [7, 11) is -1.94. The summed E-state index contributed by atoms with van der Waals surface area (Å²) in [6, 6.07) is 0.00572. The van der Waals surface area contributed by atoms with Crippen LogP contribution in [-0.2, 0) is 17.1 Å². The highest BCUT2D eigenvalue weighted by molar-refractivity contribution is 7.89. The van der Waals surface area contributed by atoms with E-state index in [4.69, 9.17) is 11.6 Å². The minimum absolute atomic E-state index is 0.00572. The van der Waals surface area contributed by atoms with Gasteiger partial charge in [-0.1, -0.05) is 31.4 Å². The van der Waals surface area contributed by atoms with Gasteiger partial charge >= 0.3 is 0 Å². The fourth-order valence-corrected chi connectivity index (χ4v) is 4.56. The van der Waals surface area contributed by atoms with Crippen molar-refractivity contribution in [2.24, 2.45) is 13.0 Å². The van der Waals surface area contributed by atoms with Crippen molar-refractivity contribution in [3.8, 4) is 0 Å². The van der Waals surface area contributed by atoms with Crippen molar-refractivity contribution >= 4 is 21.6 Å². The fraction of sp³-hybridized carbons (Fsp3) is 0.769. The standard InChI is InChI=1S/C13H22ClN3O2S/c1-3-4-10-5-7-11(8-6-10)16-20(18,19)13-12(14)17(2)9-15-13/h9-11,16H,3-8H2,1-2H3. The zero-order chi connectivity index (χ0) is 14.8. The van der Waals surface area contributed by atoms with Crippen molar-refractivity contribution in [1.82, 2.24) is 14.3 Å². The third-order valence-corrected chi connectivity index (χ3v) is 5.96. The lowest BCUT2D eigenvalue weighted by molar-refractivity contribution is 0.297. The Balaban J connectivity index is 1.98. The van der Waals surface area contributed by atoms with E-state index in [-0.39, 0.29) is 16.2 Å². The maximum absolute atomic E-state index is 12.3. The molecule has 114 valence electrons. The van der Waals surface area contributed by atoms with Crippen LogP contribution in [0.5, 0.6) is 0 Å². The summed E-state index contributed by atoms with van der Waals surface area (Å²) in [5.41, 5.74) is 0. The lowest BCUT2D eigenvalue weighted by Gasteiger charge is -2.28. The molecule has 0 aromatic carbocycles. The first-order valence-electron chi connectivity index (χ1n) is 7.13. The molecule has 1 saturated carbocycles. The molecule has 20 heavy (non-hydrogen) atoms. The van der Waals surface area contributed by atoms with E-state index in [2.05, 4.69) is 16.6 Å². The number of sulfonamides is 1. The van der Waals surface area contributed by atoms with Crippen LogP contribution >= 0.6 is 11.6 Å². The van der Waals surface area contributed by atoms with Gasteiger partial charge in [0.05, 0.1) is 6.33 Å². The monoisotopic (exact) mass is 319 g/mol. The van der Waals surface area contributed by atoms with E-state index in [0.29, 0.717) is 0 Å². The predicted molar refractivity (Wildman–Crippen MR) is 79.2 cm³/mol. The van der Waals surface area contributed by atoms with E-state index in [0.717, 1.165) is 31.6 Å². The molecule has 0 spiro atoms. The molecule has 1 heterocycles. The highest BCUT2D eigenvalue weighted by Crippen LogP contribution is 2.29. The van der Waals surface area contributed by atoms with Crippen LogP contribution in [0.25, 0.3) is 0 Å². The molecule has 1 aliphatic carbocycles. The fourth-order valence-electron chi connectivity index (χ4n) is 2.83. The molecule has 1 aromatic rings. The van der Waals surface area contributed by atoms with Crippen molar-refractivity contribution in [3.63, 3.8) is 0 Å². The minimum Gasteiger partial charge on any atom is -0.324 e. The predicted octanol–water partition coefficient (Wildman–Crippen LogP) is 2.71. The van der Waals surface area contributed by atoms with Gasteiger partial charge in [-0.2, -0.15) is 0 Å². The maximum atomic E-state index is 12.3. The van der Waals surface area contributed by atoms with E-state index in [1.165, 1.54) is 23.7 Å². The smallest absolute Gasteiger partial charge is 0.261 e. The van der Waals surface area contributed by atoms with Gasteiger partial charge in [0.1, 0.15) is 5.15 Å². The Kier molecular flexibility index (Phi) is 5.09. The Morgan fingerprint density at radius 2 is 2.05 bits per heavy atom. The summed E-state index contributed by atoms with van der Waals surface area (Å²) in [5, 5.41) is 0.0783. The van der Waals surface area contributed by atoms with Crippen molar-refractivity contribution in [1.29, 1.82) is 0 Å². The van der Waals surface area contributed by atoms with Crippen molar-refractivity contribution in [2.45, 2.75) is 56.5 Å². The lowest BCUT2D eigenvalue weighted by atomic mass is 9.84. The van der Waals surface area contributed by atoms with Gasteiger partial charge in [-0.05, 0) is 31.6 Å². The van der Waals surface area contributed by atoms with Crippen LogP contribution in [0.2, 0.25) is 5.15 Å². The van der Waals surface area contributed by atoms with E-state index in [1.807, 2.05) is 0 Å². The normalized spacial score (nSPS) is 23.9. The Bertz CT molecular complexity index is 548. The Labute approximate surface area is 125 Å². The van der Waals surface area contributed by atoms with Crippen LogP contribution in [-0.4, -0.2) is 24.0 Å². The molecule has 0 amide bonds. The first kappa shape index (κ1) is 15.8. The van der Waals surface area contributed by atoms with Crippen LogP contribution in [0, 0.1) is 5.92 Å². The summed E-state index contributed by atoms with van der Waals surface area (Å²) in [6.45, 7) is 2.19. The molecule has 0 radical (unpaired) electrons. The molecular weight excluding hydrogens is 298 g/mol. The van der Waals surface area contributed by atoms with Crippen molar-refractivity contribution in [2.75, 3.05) is 0 Å². The molecule has 0 unspecified atom stereocenters. The number of nitrogens with zero attached hydrogens (tertiary/aromatic N) is 2. The van der Waals surface area contributed by atoms with Crippen molar-refractivity contribution in [3.05, 3.63) is 11.5 Å². The number of aromatic nitrogens is 2. The second-order valence-corrected chi connectivity index (χ2v) is 7.57. The lowest BCUT2D eigenvalue weighted by Crippen LogP contribution is -2.37. The number of rotatable bonds is 5. The number of hydrogen-bond donors (Lipinski definition) is 1. The van der Waals surface area contributed by atoms with E-state index >= 15 is 0 Å². The average molecular weight is 320 g/mol. The van der Waals surface area contributed by atoms with Crippen LogP contribution < -0.4 is 4.72 Å². The van der Waals surface area contributed by atoms with Gasteiger partial charge < -0.3 is 4.57 Å². The van der Waals surface area contributed by atoms with Gasteiger partial charge in [-0.3, -0.25) is 0 Å². The minimum atomic E-state index is -3.61. The molecule has 5 nitrogen and oxygen atoms in total. The molecule has 1 N–H and O–H groups in total. The van der Waals surface area contributed by atoms with E-state index < -0.39 is 10.0 Å². The first-order valence-corrected chi connectivity index (χ1v) is 8.99. The molecule has 7 heteroatoms. The molecule has 0 saturated heterocycles. The van der Waals surface area contributed by atoms with Gasteiger partial charge in [-0.15, -0.1) is 0 Å². The van der Waals surface area contributed by atoms with Gasteiger partial charge in [0.25, 0.3) is 10.0 Å². The van der Waals surface area contributed by atoms with Gasteiger partial charge in [0.2, 0.25) is 5.03 Å². The second-order valence-electron chi connectivity index (χ2n) is 5.58. The Hall–Kier alpha value is -0.590. The number of nitrogens with one attached hydrogen (secondary N) is 1. The van der Waals surface area contributed by atoms with Crippen molar-refractivity contribution < 1.29 is 8.42 Å². The van der Waals surface area contributed by atoms with Crippen LogP contribution in [0.3, 0.4) is 0 Å². The first-order chi connectivity index (χ1) is 9.44. The molecule has 0 bridgehead atoms. The van der Waals surface area contributed by atoms with Crippen LogP contribution in [0.1, 0.15) is 45.4 Å². The van der Waals surface area contributed by atoms with Gasteiger partial charge in [0.15, 0.2) is 0 Å². The molecule has 1 fully saturated rings. The van der Waals surface area contributed by atoms with Gasteiger partial charge in [0, 0.05) is 13.1 Å². The summed E-state index contributed by atoms with van der Waals surface area (Å²) in [5.74, 6) is 0.749. The third kappa shape index (κ3) is 3.54. The molecule has 1 aliphatic rings. The van der Waals surface area contributed by atoms with Crippen LogP contribution in [0.15, 0.2) is 11.4 Å². The molecule has 0 atom stereocenters. The molecule has 1 aromatic heterocycles. The average Bonchev–Trinajstić information content (AvgIpc) is 2.73. The SMILES string of the molecule is CCCC1CCC(NS(=O)(=O)c2ncn(C)c2Cl)CC1. The van der Waals surface area contributed by atoms with E-state index in [1.54, 1.807) is 7.05 Å². The molecule has 2 rings (SSSR count). The topological polar surface area (TPSA) is 64.0 Å². The molecule has 0 aliphatic heterocycles. The number of halogens is 1. The maximum Gasteiger partial charge on any atom is 0.261 e. The zero-order valence-electron chi connectivity index (χ0n) is 12.0. The summed E-state index contributed by atoms with van der Waals surface area (Å²) >= 11 is 5.96. The zero-order valence-corrected chi connectivity index (χ0v) is 13.5.